The number of hydrogen-bond acceptors (Lipinski definition) is 7. The van der Waals surface area contributed by atoms with Gasteiger partial charge in [0.25, 0.3) is 0 Å². The second-order valence-corrected chi connectivity index (χ2v) is 8.91. The summed E-state index contributed by atoms with van der Waals surface area (Å²) in [4.78, 5) is 21.2. The Bertz CT molecular complexity index is 1410. The molecule has 0 radical (unpaired) electrons. The number of carbonyl (C=O) groups excluding carboxylic acids is 1. The number of hydrogen-bond donors (Lipinski definition) is 3. The Morgan fingerprint density at radius 2 is 1.70 bits per heavy atom. The molecule has 2 aromatic carbocycles. The molecule has 0 amide bonds. The molecule has 0 aliphatic carbocycles. The molecule has 0 unspecified atom stereocenters. The lowest BCUT2D eigenvalue weighted by Crippen LogP contribution is -2.36. The third-order valence-electron chi connectivity index (χ3n) is 6.06. The molecule has 4 rings (SSSR count). The molecule has 11 heteroatoms. The Morgan fingerprint density at radius 1 is 1.03 bits per heavy atom. The Labute approximate surface area is 210 Å². The van der Waals surface area contributed by atoms with Crippen molar-refractivity contribution in [3.8, 4) is 11.5 Å². The second kappa shape index (κ2) is 10.2. The summed E-state index contributed by atoms with van der Waals surface area (Å²) in [5, 5.41) is 21.9. The quantitative estimate of drug-likeness (QED) is 0.299. The molecule has 194 valence electrons. The van der Waals surface area contributed by atoms with E-state index < -0.39 is 30.4 Å². The van der Waals surface area contributed by atoms with Gasteiger partial charge in [-0.25, -0.2) is 4.98 Å². The lowest BCUT2D eigenvalue weighted by Gasteiger charge is -2.22. The fourth-order valence-electron chi connectivity index (χ4n) is 3.58. The van der Waals surface area contributed by atoms with E-state index >= 15 is 0 Å². The number of alkyl halides is 3. The maximum Gasteiger partial charge on any atom is 0.416 e. The number of benzene rings is 2. The fraction of sp³-hybridized carbons (Fsp3) is 0.269. The summed E-state index contributed by atoms with van der Waals surface area (Å²) in [6, 6.07) is 13.2. The Morgan fingerprint density at radius 3 is 2.35 bits per heavy atom. The number of imidazole rings is 1. The molecule has 0 bridgehead atoms. The van der Waals surface area contributed by atoms with Crippen molar-refractivity contribution in [2.24, 2.45) is 12.5 Å². The molecule has 0 atom stereocenters. The van der Waals surface area contributed by atoms with E-state index in [2.05, 4.69) is 15.3 Å². The number of ether oxygens (including phenoxy) is 1. The highest BCUT2D eigenvalue weighted by atomic mass is 19.4. The summed E-state index contributed by atoms with van der Waals surface area (Å²) >= 11 is 0. The van der Waals surface area contributed by atoms with E-state index in [1.807, 2.05) is 0 Å². The maximum atomic E-state index is 12.8. The van der Waals surface area contributed by atoms with E-state index in [0.717, 1.165) is 17.6 Å². The van der Waals surface area contributed by atoms with E-state index in [-0.39, 0.29) is 12.2 Å². The number of nitrogens with one attached hydrogen (secondary N) is 1. The molecule has 3 N–H and O–H groups in total. The topological polar surface area (TPSA) is 110 Å². The molecule has 37 heavy (non-hydrogen) atoms. The smallest absolute Gasteiger partial charge is 0.416 e. The standard InChI is InChI=1S/C26H25F3N4O4/c1-25(14-34,15-35)23(36)12-18-11-20(9-10-30-18)37-19-7-8-22-21(13-19)32-24(33(22)2)31-17-5-3-16(4-6-17)26(27,28)29/h3-11,13,34-35H,12,14-15H2,1-2H3,(H,31,32). The van der Waals surface area contributed by atoms with Gasteiger partial charge in [0.1, 0.15) is 17.3 Å². The van der Waals surface area contributed by atoms with Crippen LogP contribution in [-0.4, -0.2) is 43.7 Å². The van der Waals surface area contributed by atoms with E-state index in [4.69, 9.17) is 4.74 Å². The van der Waals surface area contributed by atoms with Gasteiger partial charge in [-0.2, -0.15) is 13.2 Å². The van der Waals surface area contributed by atoms with Gasteiger partial charge >= 0.3 is 6.18 Å². The first kappa shape index (κ1) is 26.1. The van der Waals surface area contributed by atoms with Crippen LogP contribution in [0.3, 0.4) is 0 Å². The number of nitrogens with zero attached hydrogens (tertiary/aromatic N) is 3. The Hall–Kier alpha value is -3.96. The predicted octanol–water partition coefficient (Wildman–Crippen LogP) is 4.63. The molecule has 4 aromatic rings. The van der Waals surface area contributed by atoms with E-state index in [1.54, 1.807) is 41.9 Å². The summed E-state index contributed by atoms with van der Waals surface area (Å²) in [5.41, 5.74) is 0.270. The second-order valence-electron chi connectivity index (χ2n) is 8.91. The van der Waals surface area contributed by atoms with Gasteiger partial charge in [0.05, 0.1) is 40.9 Å². The van der Waals surface area contributed by atoms with E-state index in [1.165, 1.54) is 25.3 Å². The van der Waals surface area contributed by atoms with Crippen molar-refractivity contribution < 1.29 is 32.9 Å². The van der Waals surface area contributed by atoms with Gasteiger partial charge in [-0.1, -0.05) is 0 Å². The molecule has 0 aliphatic rings. The van der Waals surface area contributed by atoms with Crippen molar-refractivity contribution in [1.29, 1.82) is 0 Å². The first-order valence-corrected chi connectivity index (χ1v) is 11.3. The van der Waals surface area contributed by atoms with Crippen molar-refractivity contribution in [3.05, 3.63) is 72.1 Å². The summed E-state index contributed by atoms with van der Waals surface area (Å²) in [6.45, 7) is 0.537. The molecule has 8 nitrogen and oxygen atoms in total. The van der Waals surface area contributed by atoms with Crippen molar-refractivity contribution in [2.45, 2.75) is 19.5 Å². The molecule has 2 heterocycles. The molecule has 0 spiro atoms. The third-order valence-corrected chi connectivity index (χ3v) is 6.06. The average Bonchev–Trinajstić information content (AvgIpc) is 3.17. The van der Waals surface area contributed by atoms with Crippen LogP contribution >= 0.6 is 0 Å². The highest BCUT2D eigenvalue weighted by Crippen LogP contribution is 2.31. The van der Waals surface area contributed by atoms with Crippen LogP contribution in [0.2, 0.25) is 0 Å². The number of aromatic nitrogens is 3. The minimum Gasteiger partial charge on any atom is -0.457 e. The monoisotopic (exact) mass is 514 g/mol. The average molecular weight is 515 g/mol. The molecule has 0 aliphatic heterocycles. The summed E-state index contributed by atoms with van der Waals surface area (Å²) < 4.78 is 46.1. The van der Waals surface area contributed by atoms with Gasteiger partial charge < -0.3 is 24.8 Å². The zero-order chi connectivity index (χ0) is 26.8. The number of pyridine rings is 1. The summed E-state index contributed by atoms with van der Waals surface area (Å²) in [5.74, 6) is 1.01. The SMILES string of the molecule is Cn1c(Nc2ccc(C(F)(F)F)cc2)nc2cc(Oc3ccnc(CC(=O)C(C)(CO)CO)c3)ccc21. The first-order valence-electron chi connectivity index (χ1n) is 11.3. The van der Waals surface area contributed by atoms with Gasteiger partial charge in [-0.05, 0) is 49.4 Å². The number of ketones is 1. The maximum absolute atomic E-state index is 12.8. The summed E-state index contributed by atoms with van der Waals surface area (Å²) in [7, 11) is 1.78. The highest BCUT2D eigenvalue weighted by molar-refractivity contribution is 5.86. The number of fused-ring (bicyclic) bond motifs is 1. The lowest BCUT2D eigenvalue weighted by atomic mass is 9.85. The molecular formula is C26H25F3N4O4. The van der Waals surface area contributed by atoms with Gasteiger partial charge in [0, 0.05) is 37.5 Å². The number of aryl methyl sites for hydroxylation is 1. The molecular weight excluding hydrogens is 489 g/mol. The fourth-order valence-corrected chi connectivity index (χ4v) is 3.58. The molecule has 0 saturated heterocycles. The first-order chi connectivity index (χ1) is 17.5. The predicted molar refractivity (Wildman–Crippen MR) is 131 cm³/mol. The van der Waals surface area contributed by atoms with E-state index in [0.29, 0.717) is 34.3 Å². The zero-order valence-electron chi connectivity index (χ0n) is 20.1. The number of aliphatic hydroxyl groups is 2. The minimum absolute atomic E-state index is 0.0763. The minimum atomic E-state index is -4.41. The van der Waals surface area contributed by atoms with Crippen LogP contribution in [0.25, 0.3) is 11.0 Å². The van der Waals surface area contributed by atoms with Crippen LogP contribution in [0.15, 0.2) is 60.8 Å². The number of halogens is 3. The normalized spacial score (nSPS) is 12.1. The zero-order valence-corrected chi connectivity index (χ0v) is 20.1. The van der Waals surface area contributed by atoms with Crippen LogP contribution in [0.5, 0.6) is 11.5 Å². The van der Waals surface area contributed by atoms with E-state index in [9.17, 15) is 28.2 Å². The van der Waals surface area contributed by atoms with Gasteiger partial charge in [-0.15, -0.1) is 0 Å². The van der Waals surface area contributed by atoms with Crippen molar-refractivity contribution in [3.63, 3.8) is 0 Å². The highest BCUT2D eigenvalue weighted by Gasteiger charge is 2.32. The number of carbonyl (C=O) groups is 1. The molecule has 0 fully saturated rings. The van der Waals surface area contributed by atoms with Gasteiger partial charge in [0.15, 0.2) is 0 Å². The van der Waals surface area contributed by atoms with Gasteiger partial charge in [0.2, 0.25) is 5.95 Å². The van der Waals surface area contributed by atoms with Crippen LogP contribution in [0.1, 0.15) is 18.2 Å². The lowest BCUT2D eigenvalue weighted by molar-refractivity contribution is -0.137. The van der Waals surface area contributed by atoms with Crippen molar-refractivity contribution in [1.82, 2.24) is 14.5 Å². The number of rotatable bonds is 9. The van der Waals surface area contributed by atoms with Crippen LogP contribution < -0.4 is 10.1 Å². The number of anilines is 2. The van der Waals surface area contributed by atoms with Crippen LogP contribution in [0, 0.1) is 5.41 Å². The number of aliphatic hydroxyl groups excluding tert-OH is 2. The largest absolute Gasteiger partial charge is 0.457 e. The Balaban J connectivity index is 1.50. The van der Waals surface area contributed by atoms with Crippen molar-refractivity contribution >= 4 is 28.5 Å². The van der Waals surface area contributed by atoms with Crippen molar-refractivity contribution in [2.75, 3.05) is 18.5 Å². The Kier molecular flexibility index (Phi) is 7.19. The number of Topliss-reactive ketones (excluding diaryl/α,β-unsaturated/α-hetero) is 1. The van der Waals surface area contributed by atoms with Gasteiger partial charge in [-0.3, -0.25) is 9.78 Å². The molecule has 2 aromatic heterocycles. The third kappa shape index (κ3) is 5.73. The molecule has 0 saturated carbocycles. The summed E-state index contributed by atoms with van der Waals surface area (Å²) in [6.07, 6.45) is -2.98. The van der Waals surface area contributed by atoms with Crippen LogP contribution in [-0.2, 0) is 24.4 Å². The van der Waals surface area contributed by atoms with Crippen LogP contribution in [0.4, 0.5) is 24.8 Å².